The van der Waals surface area contributed by atoms with Crippen molar-refractivity contribution in [3.8, 4) is 0 Å². The van der Waals surface area contributed by atoms with E-state index in [0.29, 0.717) is 6.42 Å². The topological polar surface area (TPSA) is 95.1 Å². The molecule has 0 saturated heterocycles. The molecule has 1 amide bonds. The predicted molar refractivity (Wildman–Crippen MR) is 37.4 cm³/mol. The third-order valence-corrected chi connectivity index (χ3v) is 0.823. The Morgan fingerprint density at radius 2 is 2.09 bits per heavy atom. The highest BCUT2D eigenvalue weighted by atomic mass is 35.5. The lowest BCUT2D eigenvalue weighted by atomic mass is 10.3. The van der Waals surface area contributed by atoms with Gasteiger partial charge in [0.2, 0.25) is 5.91 Å². The van der Waals surface area contributed by atoms with Crippen molar-refractivity contribution >= 4 is 11.9 Å². The molecule has 0 atom stereocenters. The van der Waals surface area contributed by atoms with E-state index in [1.165, 1.54) is 0 Å². The number of hydrazone groups is 1. The van der Waals surface area contributed by atoms with E-state index in [4.69, 9.17) is 11.5 Å². The van der Waals surface area contributed by atoms with Crippen molar-refractivity contribution in [1.29, 1.82) is 0 Å². The van der Waals surface area contributed by atoms with Crippen LogP contribution in [0.4, 0.5) is 0 Å². The minimum atomic E-state index is -0.115. The third kappa shape index (κ3) is 9.03. The molecular formula is C5H13ClN4O. The molecule has 0 aromatic heterocycles. The first kappa shape index (κ1) is 12.7. The summed E-state index contributed by atoms with van der Waals surface area (Å²) >= 11 is 0. The number of carbonyl (C=O) groups excluding carboxylic acids is 1. The minimum Gasteiger partial charge on any atom is -1.00 e. The van der Waals surface area contributed by atoms with Crippen LogP contribution in [0.15, 0.2) is 0 Å². The summed E-state index contributed by atoms with van der Waals surface area (Å²) in [6, 6.07) is 0. The molecule has 0 aliphatic heterocycles. The lowest BCUT2D eigenvalue weighted by molar-refractivity contribution is -0.513. The summed E-state index contributed by atoms with van der Waals surface area (Å²) < 4.78 is 0. The lowest BCUT2D eigenvalue weighted by Gasteiger charge is -1.93. The highest BCUT2D eigenvalue weighted by Crippen LogP contribution is 1.81. The molecule has 0 rings (SSSR count). The number of rotatable bonds is 3. The summed E-state index contributed by atoms with van der Waals surface area (Å²) in [5, 5.41) is 2.30. The number of hydrazine groups is 1. The summed E-state index contributed by atoms with van der Waals surface area (Å²) in [5.74, 6) is -0.125. The van der Waals surface area contributed by atoms with Crippen LogP contribution >= 0.6 is 0 Å². The normalized spacial score (nSPS) is 7.73. The number of carbonyl (C=O) groups is 1. The Balaban J connectivity index is 0. The fourth-order valence-corrected chi connectivity index (χ4v) is 0.431. The monoisotopic (exact) mass is 180 g/mol. The van der Waals surface area contributed by atoms with Gasteiger partial charge in [-0.1, -0.05) is 6.92 Å². The number of nitrogens with one attached hydrogen (secondary N) is 2. The maximum Gasteiger partial charge on any atom is 0.360 e. The molecular weight excluding hydrogens is 168 g/mol. The lowest BCUT2D eigenvalue weighted by Crippen LogP contribution is -3.00. The minimum absolute atomic E-state index is 0. The zero-order chi connectivity index (χ0) is 7.98. The third-order valence-electron chi connectivity index (χ3n) is 0.823. The van der Waals surface area contributed by atoms with Gasteiger partial charge in [-0.3, -0.25) is 16.3 Å². The zero-order valence-electron chi connectivity index (χ0n) is 6.36. The Morgan fingerprint density at radius 1 is 1.55 bits per heavy atom. The first-order chi connectivity index (χ1) is 4.66. The smallest absolute Gasteiger partial charge is 0.360 e. The number of hydrogen-bond donors (Lipinski definition) is 4. The van der Waals surface area contributed by atoms with Gasteiger partial charge in [0, 0.05) is 6.42 Å². The summed E-state index contributed by atoms with van der Waals surface area (Å²) in [5.41, 5.74) is 12.3. The Bertz CT molecular complexity index is 143. The summed E-state index contributed by atoms with van der Waals surface area (Å²) in [7, 11) is 0. The molecule has 11 heavy (non-hydrogen) atoms. The molecule has 0 aliphatic rings. The van der Waals surface area contributed by atoms with Crippen LogP contribution in [-0.2, 0) is 4.79 Å². The fraction of sp³-hybridized carbons (Fsp3) is 0.600. The number of nitrogens with two attached hydrogens (primary N) is 2. The van der Waals surface area contributed by atoms with Crippen molar-refractivity contribution < 1.29 is 22.3 Å². The van der Waals surface area contributed by atoms with Gasteiger partial charge in [0.05, 0.1) is 0 Å². The van der Waals surface area contributed by atoms with Crippen LogP contribution < -0.4 is 34.4 Å². The second kappa shape index (κ2) is 7.14. The molecule has 0 aromatic rings. The molecule has 0 unspecified atom stereocenters. The van der Waals surface area contributed by atoms with Crippen molar-refractivity contribution in [2.45, 2.75) is 19.8 Å². The molecule has 0 spiro atoms. The first-order valence-corrected chi connectivity index (χ1v) is 3.09. The van der Waals surface area contributed by atoms with Gasteiger partial charge in [-0.15, -0.1) is 0 Å². The maximum absolute atomic E-state index is 10.6. The van der Waals surface area contributed by atoms with Gasteiger partial charge in [0.25, 0.3) is 0 Å². The molecule has 0 bridgehead atoms. The average molecular weight is 181 g/mol. The average Bonchev–Trinajstić information content (AvgIpc) is 1.85. The van der Waals surface area contributed by atoms with E-state index in [2.05, 4.69) is 10.5 Å². The van der Waals surface area contributed by atoms with Crippen molar-refractivity contribution in [3.05, 3.63) is 0 Å². The number of halogens is 1. The Hall–Kier alpha value is -0.970. The molecule has 0 radical (unpaired) electrons. The molecule has 5 nitrogen and oxygen atoms in total. The van der Waals surface area contributed by atoms with Gasteiger partial charge in [-0.2, -0.15) is 5.10 Å². The van der Waals surface area contributed by atoms with E-state index in [1.807, 2.05) is 6.92 Å². The molecule has 6 heteroatoms. The second-order valence-corrected chi connectivity index (χ2v) is 1.88. The van der Waals surface area contributed by atoms with Crippen LogP contribution in [0.5, 0.6) is 0 Å². The Morgan fingerprint density at radius 3 is 2.45 bits per heavy atom. The maximum atomic E-state index is 10.6. The number of guanidine groups is 1. The number of amides is 1. The van der Waals surface area contributed by atoms with E-state index in [9.17, 15) is 4.79 Å². The molecule has 0 fully saturated rings. The van der Waals surface area contributed by atoms with Crippen molar-refractivity contribution in [2.75, 3.05) is 0 Å². The number of hydrogen-bond acceptors (Lipinski definition) is 1. The molecule has 0 aromatic carbocycles. The molecule has 66 valence electrons. The highest BCUT2D eigenvalue weighted by Gasteiger charge is 1.96. The van der Waals surface area contributed by atoms with Gasteiger partial charge >= 0.3 is 5.96 Å². The molecule has 0 saturated carbocycles. The Kier molecular flexibility index (Phi) is 8.23. The fourth-order valence-electron chi connectivity index (χ4n) is 0.431. The molecule has 6 N–H and O–H groups in total. The van der Waals surface area contributed by atoms with Crippen LogP contribution in [0.1, 0.15) is 19.8 Å². The van der Waals surface area contributed by atoms with Gasteiger partial charge in [-0.25, -0.2) is 5.43 Å². The van der Waals surface area contributed by atoms with Crippen LogP contribution in [0.3, 0.4) is 0 Å². The largest absolute Gasteiger partial charge is 1.00 e. The van der Waals surface area contributed by atoms with Gasteiger partial charge in [0.1, 0.15) is 0 Å². The summed E-state index contributed by atoms with van der Waals surface area (Å²) in [4.78, 5) is 10.6. The van der Waals surface area contributed by atoms with Crippen molar-refractivity contribution in [1.82, 2.24) is 5.43 Å². The van der Waals surface area contributed by atoms with Crippen LogP contribution in [0, 0.1) is 0 Å². The molecule has 0 heterocycles. The highest BCUT2D eigenvalue weighted by molar-refractivity contribution is 5.75. The second-order valence-electron chi connectivity index (χ2n) is 1.88. The SMILES string of the molecule is CCCC(=O)N[NH+]=C(N)N.[Cl-]. The zero-order valence-corrected chi connectivity index (χ0v) is 7.11. The van der Waals surface area contributed by atoms with E-state index >= 15 is 0 Å². The van der Waals surface area contributed by atoms with Crippen LogP contribution in [0.25, 0.3) is 0 Å². The van der Waals surface area contributed by atoms with E-state index < -0.39 is 0 Å². The van der Waals surface area contributed by atoms with Gasteiger partial charge in [0.15, 0.2) is 0 Å². The van der Waals surface area contributed by atoms with E-state index in [1.54, 1.807) is 0 Å². The van der Waals surface area contributed by atoms with E-state index in [0.717, 1.165) is 6.42 Å². The van der Waals surface area contributed by atoms with Gasteiger partial charge in [-0.05, 0) is 6.42 Å². The first-order valence-electron chi connectivity index (χ1n) is 3.09. The van der Waals surface area contributed by atoms with Crippen molar-refractivity contribution in [3.63, 3.8) is 0 Å². The van der Waals surface area contributed by atoms with Crippen molar-refractivity contribution in [2.24, 2.45) is 11.5 Å². The quantitative estimate of drug-likeness (QED) is 0.198. The molecule has 0 aliphatic carbocycles. The standard InChI is InChI=1S/C5H12N4O.ClH/c1-2-3-4(10)8-9-5(6)7;/h2-3H2,1H3,(H,8,10)(H4,6,7,9);1H. The van der Waals surface area contributed by atoms with Gasteiger partial charge < -0.3 is 12.4 Å². The summed E-state index contributed by atoms with van der Waals surface area (Å²) in [6.07, 6.45) is 1.28. The summed E-state index contributed by atoms with van der Waals surface area (Å²) in [6.45, 7) is 1.91. The predicted octanol–water partition coefficient (Wildman–Crippen LogP) is -5.82. The van der Waals surface area contributed by atoms with Crippen LogP contribution in [0.2, 0.25) is 0 Å². The van der Waals surface area contributed by atoms with Crippen LogP contribution in [-0.4, -0.2) is 11.9 Å². The Labute approximate surface area is 71.6 Å². The van der Waals surface area contributed by atoms with E-state index in [-0.39, 0.29) is 24.3 Å².